The Morgan fingerprint density at radius 2 is 1.78 bits per heavy atom. The maximum absolute atomic E-state index is 13.9. The van der Waals surface area contributed by atoms with E-state index < -0.39 is 0 Å². The molecule has 0 radical (unpaired) electrons. The largest absolute Gasteiger partial charge is 0.330 e. The van der Waals surface area contributed by atoms with Crippen molar-refractivity contribution in [2.75, 3.05) is 6.54 Å². The van der Waals surface area contributed by atoms with Crippen molar-refractivity contribution in [3.8, 4) is 11.1 Å². The van der Waals surface area contributed by atoms with Crippen molar-refractivity contribution in [1.29, 1.82) is 0 Å². The minimum Gasteiger partial charge on any atom is -0.330 e. The van der Waals surface area contributed by atoms with Gasteiger partial charge in [-0.15, -0.1) is 0 Å². The molecule has 0 aliphatic carbocycles. The van der Waals surface area contributed by atoms with Crippen molar-refractivity contribution < 1.29 is 4.39 Å². The Balaban J connectivity index is 2.51. The lowest BCUT2D eigenvalue weighted by atomic mass is 10.0. The second-order valence-electron chi connectivity index (χ2n) is 3.98. The molecule has 0 amide bonds. The molecule has 0 atom stereocenters. The molecule has 0 aromatic heterocycles. The first-order valence-corrected chi connectivity index (χ1v) is 6.31. The van der Waals surface area contributed by atoms with Crippen molar-refractivity contribution in [3.63, 3.8) is 0 Å². The van der Waals surface area contributed by atoms with Crippen LogP contribution in [0.15, 0.2) is 36.4 Å². The zero-order chi connectivity index (χ0) is 13.1. The van der Waals surface area contributed by atoms with Crippen LogP contribution in [0.25, 0.3) is 11.1 Å². The van der Waals surface area contributed by atoms with Crippen molar-refractivity contribution in [2.24, 2.45) is 5.73 Å². The molecule has 0 spiro atoms. The van der Waals surface area contributed by atoms with Crippen molar-refractivity contribution in [1.82, 2.24) is 0 Å². The fraction of sp³-hybridized carbons (Fsp3) is 0.143. The average molecular weight is 284 g/mol. The second kappa shape index (κ2) is 5.70. The summed E-state index contributed by atoms with van der Waals surface area (Å²) >= 11 is 11.9. The third-order valence-electron chi connectivity index (χ3n) is 2.69. The van der Waals surface area contributed by atoms with Gasteiger partial charge in [0.05, 0.1) is 0 Å². The maximum atomic E-state index is 13.9. The van der Waals surface area contributed by atoms with Crippen LogP contribution in [0.2, 0.25) is 10.0 Å². The van der Waals surface area contributed by atoms with E-state index in [1.165, 1.54) is 6.07 Å². The van der Waals surface area contributed by atoms with Gasteiger partial charge in [-0.05, 0) is 42.8 Å². The summed E-state index contributed by atoms with van der Waals surface area (Å²) in [4.78, 5) is 0. The van der Waals surface area contributed by atoms with E-state index in [4.69, 9.17) is 28.9 Å². The quantitative estimate of drug-likeness (QED) is 0.893. The summed E-state index contributed by atoms with van der Waals surface area (Å²) in [7, 11) is 0. The first-order chi connectivity index (χ1) is 8.61. The van der Waals surface area contributed by atoms with Gasteiger partial charge < -0.3 is 5.73 Å². The summed E-state index contributed by atoms with van der Waals surface area (Å²) in [6, 6.07) is 9.96. The molecular formula is C14H12Cl2FN. The monoisotopic (exact) mass is 283 g/mol. The zero-order valence-electron chi connectivity index (χ0n) is 9.59. The minimum atomic E-state index is -0.306. The van der Waals surface area contributed by atoms with Gasteiger partial charge >= 0.3 is 0 Å². The molecule has 0 fully saturated rings. The smallest absolute Gasteiger partial charge is 0.131 e. The van der Waals surface area contributed by atoms with Crippen LogP contribution in [0.5, 0.6) is 0 Å². The molecule has 0 heterocycles. The predicted octanol–water partition coefficient (Wildman–Crippen LogP) is 4.30. The van der Waals surface area contributed by atoms with Gasteiger partial charge in [0.25, 0.3) is 0 Å². The van der Waals surface area contributed by atoms with Gasteiger partial charge in [0.15, 0.2) is 0 Å². The molecule has 1 nitrogen and oxygen atoms in total. The van der Waals surface area contributed by atoms with Gasteiger partial charge in [-0.1, -0.05) is 35.3 Å². The molecule has 94 valence electrons. The van der Waals surface area contributed by atoms with Crippen LogP contribution in [-0.2, 0) is 6.42 Å². The van der Waals surface area contributed by atoms with E-state index in [0.29, 0.717) is 34.1 Å². The van der Waals surface area contributed by atoms with Crippen LogP contribution >= 0.6 is 23.2 Å². The van der Waals surface area contributed by atoms with E-state index in [2.05, 4.69) is 0 Å². The summed E-state index contributed by atoms with van der Waals surface area (Å²) < 4.78 is 13.9. The number of halogens is 3. The van der Waals surface area contributed by atoms with Crippen LogP contribution in [0.3, 0.4) is 0 Å². The molecular weight excluding hydrogens is 272 g/mol. The molecule has 4 heteroatoms. The van der Waals surface area contributed by atoms with Crippen molar-refractivity contribution in [3.05, 3.63) is 57.8 Å². The van der Waals surface area contributed by atoms with Crippen molar-refractivity contribution >= 4 is 23.2 Å². The molecule has 2 aromatic carbocycles. The number of hydrogen-bond donors (Lipinski definition) is 1. The van der Waals surface area contributed by atoms with Gasteiger partial charge in [0, 0.05) is 21.2 Å². The molecule has 0 aliphatic rings. The number of hydrogen-bond acceptors (Lipinski definition) is 1. The molecule has 0 bridgehead atoms. The average Bonchev–Trinajstić information content (AvgIpc) is 2.33. The van der Waals surface area contributed by atoms with Gasteiger partial charge in [-0.25, -0.2) is 4.39 Å². The minimum absolute atomic E-state index is 0.306. The normalized spacial score (nSPS) is 10.7. The van der Waals surface area contributed by atoms with Crippen LogP contribution in [-0.4, -0.2) is 6.54 Å². The lowest BCUT2D eigenvalue weighted by Gasteiger charge is -2.08. The highest BCUT2D eigenvalue weighted by atomic mass is 35.5. The topological polar surface area (TPSA) is 26.0 Å². The fourth-order valence-corrected chi connectivity index (χ4v) is 2.32. The second-order valence-corrected chi connectivity index (χ2v) is 4.82. The first-order valence-electron chi connectivity index (χ1n) is 5.55. The summed E-state index contributed by atoms with van der Waals surface area (Å²) in [5.74, 6) is -0.306. The van der Waals surface area contributed by atoms with Crippen molar-refractivity contribution in [2.45, 2.75) is 6.42 Å². The fourth-order valence-electron chi connectivity index (χ4n) is 1.81. The lowest BCUT2D eigenvalue weighted by molar-refractivity contribution is 0.630. The summed E-state index contributed by atoms with van der Waals surface area (Å²) in [6.45, 7) is 0.527. The summed E-state index contributed by atoms with van der Waals surface area (Å²) in [6.07, 6.45) is 0.707. The van der Waals surface area contributed by atoms with E-state index in [0.717, 1.165) is 5.56 Å². The van der Waals surface area contributed by atoms with Gasteiger partial charge in [0.2, 0.25) is 0 Å². The zero-order valence-corrected chi connectivity index (χ0v) is 11.1. The Hall–Kier alpha value is -1.09. The highest BCUT2D eigenvalue weighted by Gasteiger charge is 2.10. The molecule has 2 rings (SSSR count). The van der Waals surface area contributed by atoms with Crippen LogP contribution in [0, 0.1) is 5.82 Å². The predicted molar refractivity (Wildman–Crippen MR) is 74.6 cm³/mol. The Morgan fingerprint density at radius 1 is 1.00 bits per heavy atom. The molecule has 0 saturated carbocycles. The molecule has 2 N–H and O–H groups in total. The van der Waals surface area contributed by atoms with E-state index >= 15 is 0 Å². The van der Waals surface area contributed by atoms with E-state index in [9.17, 15) is 4.39 Å². The molecule has 0 saturated heterocycles. The van der Waals surface area contributed by atoms with E-state index in [-0.39, 0.29) is 5.82 Å². The van der Waals surface area contributed by atoms with Gasteiger partial charge in [-0.3, -0.25) is 0 Å². The highest BCUT2D eigenvalue weighted by Crippen LogP contribution is 2.32. The standard InChI is InChI=1S/C14H12Cl2FN/c15-10-2-3-11(13(16)8-10)12-7-9(5-6-18)1-4-14(12)17/h1-4,7-8H,5-6,18H2. The molecule has 18 heavy (non-hydrogen) atoms. The lowest BCUT2D eigenvalue weighted by Crippen LogP contribution is -2.03. The van der Waals surface area contributed by atoms with Crippen LogP contribution < -0.4 is 5.73 Å². The first kappa shape index (κ1) is 13.3. The third-order valence-corrected chi connectivity index (χ3v) is 3.23. The van der Waals surface area contributed by atoms with E-state index in [1.54, 1.807) is 30.3 Å². The van der Waals surface area contributed by atoms with Gasteiger partial charge in [-0.2, -0.15) is 0 Å². The maximum Gasteiger partial charge on any atom is 0.131 e. The van der Waals surface area contributed by atoms with Gasteiger partial charge in [0.1, 0.15) is 5.82 Å². The number of rotatable bonds is 3. The summed E-state index contributed by atoms with van der Waals surface area (Å²) in [5.41, 5.74) is 7.60. The number of nitrogens with two attached hydrogens (primary N) is 1. The van der Waals surface area contributed by atoms with E-state index in [1.807, 2.05) is 0 Å². The third kappa shape index (κ3) is 2.83. The Bertz CT molecular complexity index is 570. The number of benzene rings is 2. The van der Waals surface area contributed by atoms with Crippen LogP contribution in [0.1, 0.15) is 5.56 Å². The Labute approximate surface area is 115 Å². The SMILES string of the molecule is NCCc1ccc(F)c(-c2ccc(Cl)cc2Cl)c1. The van der Waals surface area contributed by atoms with Crippen LogP contribution in [0.4, 0.5) is 4.39 Å². The Morgan fingerprint density at radius 3 is 2.44 bits per heavy atom. The summed E-state index contributed by atoms with van der Waals surface area (Å²) in [5, 5.41) is 0.966. The molecule has 2 aromatic rings. The molecule has 0 aliphatic heterocycles. The highest BCUT2D eigenvalue weighted by molar-refractivity contribution is 6.36. The Kier molecular flexibility index (Phi) is 4.23. The molecule has 0 unspecified atom stereocenters.